The first-order valence-corrected chi connectivity index (χ1v) is 14.0. The number of anilines is 1. The number of aromatic nitrogens is 1. The molecule has 1 atom stereocenters. The lowest BCUT2D eigenvalue weighted by Crippen LogP contribution is -2.39. The average Bonchev–Trinajstić information content (AvgIpc) is 3.19. The van der Waals surface area contributed by atoms with Gasteiger partial charge in [-0.3, -0.25) is 14.4 Å². The maximum absolute atomic E-state index is 13.0. The fraction of sp³-hybridized carbons (Fsp3) is 0.360. The van der Waals surface area contributed by atoms with Crippen LogP contribution in [-0.4, -0.2) is 55.3 Å². The molecule has 0 spiro atoms. The van der Waals surface area contributed by atoms with Crippen molar-refractivity contribution in [3.8, 4) is 0 Å². The zero-order valence-corrected chi connectivity index (χ0v) is 22.4. The predicted octanol–water partition coefficient (Wildman–Crippen LogP) is 3.00. The molecule has 1 N–H and O–H groups in total. The highest BCUT2D eigenvalue weighted by atomic mass is 32.2. The number of nitrogens with one attached hydrogen (secondary N) is 1. The third-order valence-electron chi connectivity index (χ3n) is 6.07. The second kappa shape index (κ2) is 11.0. The van der Waals surface area contributed by atoms with Gasteiger partial charge in [-0.25, -0.2) is 8.42 Å². The van der Waals surface area contributed by atoms with Crippen molar-refractivity contribution >= 4 is 55.0 Å². The van der Waals surface area contributed by atoms with Crippen LogP contribution in [0.2, 0.25) is 0 Å². The van der Waals surface area contributed by atoms with Crippen molar-refractivity contribution in [3.05, 3.63) is 52.8 Å². The lowest BCUT2D eigenvalue weighted by Gasteiger charge is -2.30. The highest BCUT2D eigenvalue weighted by Crippen LogP contribution is 2.24. The van der Waals surface area contributed by atoms with Gasteiger partial charge in [0.2, 0.25) is 15.9 Å². The van der Waals surface area contributed by atoms with E-state index in [1.807, 2.05) is 6.92 Å². The van der Waals surface area contributed by atoms with Gasteiger partial charge in [0.25, 0.3) is 5.91 Å². The maximum Gasteiger partial charge on any atom is 0.325 e. The minimum absolute atomic E-state index is 0.131. The normalized spacial score (nSPS) is 17.1. The summed E-state index contributed by atoms with van der Waals surface area (Å²) in [5.41, 5.74) is 1.43. The molecule has 2 amide bonds. The van der Waals surface area contributed by atoms with Crippen molar-refractivity contribution in [2.75, 3.05) is 25.5 Å². The minimum Gasteiger partial charge on any atom is -0.468 e. The third kappa shape index (κ3) is 5.97. The summed E-state index contributed by atoms with van der Waals surface area (Å²) < 4.78 is 34.6. The molecule has 196 valence electrons. The quantitative estimate of drug-likeness (QED) is 0.476. The number of piperidine rings is 1. The van der Waals surface area contributed by atoms with Crippen molar-refractivity contribution in [1.29, 1.82) is 0 Å². The lowest BCUT2D eigenvalue weighted by atomic mass is 10.0. The van der Waals surface area contributed by atoms with Gasteiger partial charge in [0.05, 0.1) is 22.2 Å². The Morgan fingerprint density at radius 1 is 1.16 bits per heavy atom. The van der Waals surface area contributed by atoms with E-state index in [-0.39, 0.29) is 27.7 Å². The molecule has 12 heteroatoms. The van der Waals surface area contributed by atoms with Gasteiger partial charge in [-0.2, -0.15) is 9.30 Å². The van der Waals surface area contributed by atoms with Gasteiger partial charge in [0.1, 0.15) is 6.54 Å². The Bertz CT molecular complexity index is 1520. The molecule has 10 nitrogen and oxygen atoms in total. The predicted molar refractivity (Wildman–Crippen MR) is 140 cm³/mol. The van der Waals surface area contributed by atoms with Gasteiger partial charge in [0.15, 0.2) is 4.80 Å². The summed E-state index contributed by atoms with van der Waals surface area (Å²) in [5.74, 6) is -1.02. The molecule has 0 saturated carbocycles. The highest BCUT2D eigenvalue weighted by Gasteiger charge is 2.28. The number of hydrogen-bond donors (Lipinski definition) is 1. The van der Waals surface area contributed by atoms with E-state index in [1.165, 1.54) is 53.9 Å². The highest BCUT2D eigenvalue weighted by molar-refractivity contribution is 7.89. The number of hydrogen-bond acceptors (Lipinski definition) is 7. The molecule has 2 heterocycles. The van der Waals surface area contributed by atoms with E-state index in [4.69, 9.17) is 4.74 Å². The van der Waals surface area contributed by atoms with Crippen LogP contribution in [0.4, 0.5) is 5.69 Å². The number of sulfonamides is 1. The van der Waals surface area contributed by atoms with Crippen LogP contribution >= 0.6 is 11.3 Å². The number of nitrogens with zero attached hydrogens (tertiary/aromatic N) is 3. The van der Waals surface area contributed by atoms with Crippen molar-refractivity contribution in [2.24, 2.45) is 10.9 Å². The maximum atomic E-state index is 13.0. The Hall–Kier alpha value is -3.35. The fourth-order valence-corrected chi connectivity index (χ4v) is 6.89. The van der Waals surface area contributed by atoms with Crippen LogP contribution in [0.15, 0.2) is 52.4 Å². The van der Waals surface area contributed by atoms with Crippen LogP contribution in [0.5, 0.6) is 0 Å². The average molecular weight is 545 g/mol. The van der Waals surface area contributed by atoms with Gasteiger partial charge in [-0.05, 0) is 61.2 Å². The molecule has 1 aliphatic heterocycles. The van der Waals surface area contributed by atoms with Gasteiger partial charge >= 0.3 is 5.97 Å². The Morgan fingerprint density at radius 2 is 1.89 bits per heavy atom. The molecule has 1 aromatic heterocycles. The first-order chi connectivity index (χ1) is 17.6. The molecular formula is C25H28N4O6S2. The van der Waals surface area contributed by atoms with E-state index >= 15 is 0 Å². The third-order valence-corrected chi connectivity index (χ3v) is 8.99. The summed E-state index contributed by atoms with van der Waals surface area (Å²) in [6.45, 7) is 4.24. The van der Waals surface area contributed by atoms with Crippen LogP contribution in [-0.2, 0) is 30.9 Å². The van der Waals surface area contributed by atoms with Crippen molar-refractivity contribution < 1.29 is 27.5 Å². The molecule has 4 rings (SSSR count). The van der Waals surface area contributed by atoms with E-state index in [9.17, 15) is 22.8 Å². The Balaban J connectivity index is 1.67. The van der Waals surface area contributed by atoms with E-state index in [0.717, 1.165) is 12.8 Å². The SMILES string of the molecule is COC(=O)Cn1c(=NC(=O)c2ccc(S(=O)(=O)N3CCCC(C)C3)cc2)sc2cc(NC(C)=O)ccc21. The fourth-order valence-electron chi connectivity index (χ4n) is 4.22. The van der Waals surface area contributed by atoms with Gasteiger partial charge < -0.3 is 14.6 Å². The number of esters is 1. The lowest BCUT2D eigenvalue weighted by molar-refractivity contribution is -0.141. The summed E-state index contributed by atoms with van der Waals surface area (Å²) in [5, 5.41) is 2.70. The van der Waals surface area contributed by atoms with Crippen molar-refractivity contribution in [1.82, 2.24) is 8.87 Å². The second-order valence-electron chi connectivity index (χ2n) is 8.96. The van der Waals surface area contributed by atoms with Crippen LogP contribution in [0.25, 0.3) is 10.2 Å². The number of thiazole rings is 1. The molecular weight excluding hydrogens is 516 g/mol. The summed E-state index contributed by atoms with van der Waals surface area (Å²) in [6, 6.07) is 10.9. The Labute approximate surface area is 218 Å². The number of amides is 2. The molecule has 1 unspecified atom stereocenters. The monoisotopic (exact) mass is 544 g/mol. The van der Waals surface area contributed by atoms with Gasteiger partial charge in [-0.1, -0.05) is 18.3 Å². The first kappa shape index (κ1) is 26.7. The van der Waals surface area contributed by atoms with Crippen molar-refractivity contribution in [2.45, 2.75) is 38.1 Å². The second-order valence-corrected chi connectivity index (χ2v) is 11.9. The number of carbonyl (C=O) groups excluding carboxylic acids is 3. The smallest absolute Gasteiger partial charge is 0.325 e. The summed E-state index contributed by atoms with van der Waals surface area (Å²) in [4.78, 5) is 41.1. The molecule has 3 aromatic rings. The number of fused-ring (bicyclic) bond motifs is 1. The van der Waals surface area contributed by atoms with E-state index in [1.54, 1.807) is 22.8 Å². The Morgan fingerprint density at radius 3 is 2.54 bits per heavy atom. The topological polar surface area (TPSA) is 127 Å². The largest absolute Gasteiger partial charge is 0.468 e. The van der Waals surface area contributed by atoms with E-state index in [0.29, 0.717) is 34.9 Å². The van der Waals surface area contributed by atoms with Gasteiger partial charge in [0, 0.05) is 31.3 Å². The molecule has 0 radical (unpaired) electrons. The molecule has 1 aliphatic rings. The van der Waals surface area contributed by atoms with Crippen LogP contribution < -0.4 is 10.1 Å². The molecule has 0 bridgehead atoms. The number of rotatable bonds is 6. The number of carbonyl (C=O) groups is 3. The Kier molecular flexibility index (Phi) is 7.90. The molecule has 1 fully saturated rings. The first-order valence-electron chi connectivity index (χ1n) is 11.8. The number of benzene rings is 2. The van der Waals surface area contributed by atoms with E-state index in [2.05, 4.69) is 10.3 Å². The number of methoxy groups -OCH3 is 1. The van der Waals surface area contributed by atoms with Crippen molar-refractivity contribution in [3.63, 3.8) is 0 Å². The van der Waals surface area contributed by atoms with Gasteiger partial charge in [-0.15, -0.1) is 0 Å². The summed E-state index contributed by atoms with van der Waals surface area (Å²) >= 11 is 1.18. The van der Waals surface area contributed by atoms with Crippen LogP contribution in [0.1, 0.15) is 37.0 Å². The number of ether oxygens (including phenoxy) is 1. The standard InChI is InChI=1S/C25H28N4O6S2/c1-16-5-4-12-28(14-16)37(33,34)20-9-6-18(7-10-20)24(32)27-25-29(15-23(31)35-3)21-11-8-19(26-17(2)30)13-22(21)36-25/h6-11,13,16H,4-5,12,14-15H2,1-3H3,(H,26,30). The van der Waals surface area contributed by atoms with Crippen LogP contribution in [0, 0.1) is 5.92 Å². The summed E-state index contributed by atoms with van der Waals surface area (Å²) in [6.07, 6.45) is 1.83. The minimum atomic E-state index is -3.64. The van der Waals surface area contributed by atoms with Crippen LogP contribution in [0.3, 0.4) is 0 Å². The molecule has 37 heavy (non-hydrogen) atoms. The summed E-state index contributed by atoms with van der Waals surface area (Å²) in [7, 11) is -2.37. The molecule has 0 aliphatic carbocycles. The zero-order valence-electron chi connectivity index (χ0n) is 20.8. The molecule has 2 aromatic carbocycles. The molecule has 1 saturated heterocycles. The zero-order chi connectivity index (χ0) is 26.7. The van der Waals surface area contributed by atoms with E-state index < -0.39 is 21.9 Å².